The fourth-order valence-electron chi connectivity index (χ4n) is 4.10. The van der Waals surface area contributed by atoms with E-state index in [2.05, 4.69) is 17.1 Å². The summed E-state index contributed by atoms with van der Waals surface area (Å²) in [5, 5.41) is 0. The van der Waals surface area contributed by atoms with Crippen molar-refractivity contribution < 1.29 is 14.3 Å². The van der Waals surface area contributed by atoms with Gasteiger partial charge in [-0.15, -0.1) is 0 Å². The molecule has 2 fully saturated rings. The maximum absolute atomic E-state index is 11.6. The van der Waals surface area contributed by atoms with Gasteiger partial charge in [0.05, 0.1) is 12.1 Å². The van der Waals surface area contributed by atoms with Crippen molar-refractivity contribution in [2.45, 2.75) is 43.1 Å². The molecule has 4 nitrogen and oxygen atoms in total. The van der Waals surface area contributed by atoms with Crippen LogP contribution in [0.5, 0.6) is 0 Å². The first-order valence-electron chi connectivity index (χ1n) is 6.65. The number of rotatable bonds is 1. The summed E-state index contributed by atoms with van der Waals surface area (Å²) in [6.07, 6.45) is 9.20. The average molecular weight is 247 g/mol. The van der Waals surface area contributed by atoms with Crippen LogP contribution in [0.15, 0.2) is 23.8 Å². The first-order chi connectivity index (χ1) is 8.73. The molecule has 0 amide bonds. The van der Waals surface area contributed by atoms with Gasteiger partial charge in [-0.3, -0.25) is 4.90 Å². The quantitative estimate of drug-likeness (QED) is 0.649. The number of carbonyl (C=O) groups excluding carboxylic acids is 1. The van der Waals surface area contributed by atoms with Gasteiger partial charge < -0.3 is 9.47 Å². The fourth-order valence-corrected chi connectivity index (χ4v) is 4.10. The minimum absolute atomic E-state index is 0.184. The number of nitrogens with zero attached hydrogens (tertiary/aromatic N) is 1. The molecule has 2 bridgehead atoms. The van der Waals surface area contributed by atoms with Crippen molar-refractivity contribution in [1.29, 1.82) is 0 Å². The van der Waals surface area contributed by atoms with Crippen LogP contribution in [-0.2, 0) is 14.3 Å². The molecule has 3 heterocycles. The predicted molar refractivity (Wildman–Crippen MR) is 65.0 cm³/mol. The Kier molecular flexibility index (Phi) is 2.07. The first-order valence-corrected chi connectivity index (χ1v) is 6.65. The number of ether oxygens (including phenoxy) is 2. The average Bonchev–Trinajstić information content (AvgIpc) is 2.85. The Morgan fingerprint density at radius 1 is 1.56 bits per heavy atom. The van der Waals surface area contributed by atoms with Crippen LogP contribution in [0.2, 0.25) is 0 Å². The molecule has 4 rings (SSSR count). The summed E-state index contributed by atoms with van der Waals surface area (Å²) in [6.45, 7) is 1.03. The Bertz CT molecular complexity index is 470. The zero-order chi connectivity index (χ0) is 12.3. The highest BCUT2D eigenvalue weighted by Crippen LogP contribution is 2.51. The van der Waals surface area contributed by atoms with Crippen LogP contribution in [0, 0.1) is 0 Å². The zero-order valence-electron chi connectivity index (χ0n) is 10.5. The summed E-state index contributed by atoms with van der Waals surface area (Å²) in [6, 6.07) is 0.713. The number of hydrogen-bond acceptors (Lipinski definition) is 4. The summed E-state index contributed by atoms with van der Waals surface area (Å²) in [4.78, 5) is 14.1. The molecule has 96 valence electrons. The lowest BCUT2D eigenvalue weighted by molar-refractivity contribution is -0.149. The van der Waals surface area contributed by atoms with Gasteiger partial charge in [-0.2, -0.15) is 0 Å². The van der Waals surface area contributed by atoms with Gasteiger partial charge in [-0.25, -0.2) is 4.79 Å². The highest BCUT2D eigenvalue weighted by Gasteiger charge is 2.60. The van der Waals surface area contributed by atoms with Crippen molar-refractivity contribution >= 4 is 5.97 Å². The molecule has 4 heteroatoms. The summed E-state index contributed by atoms with van der Waals surface area (Å²) in [5.41, 5.74) is 0.682. The summed E-state index contributed by atoms with van der Waals surface area (Å²) in [5.74, 6) is -0.184. The van der Waals surface area contributed by atoms with E-state index in [4.69, 9.17) is 9.47 Å². The Morgan fingerprint density at radius 3 is 3.28 bits per heavy atom. The van der Waals surface area contributed by atoms with E-state index in [1.807, 2.05) is 0 Å². The Labute approximate surface area is 106 Å². The molecule has 0 saturated carbocycles. The number of esters is 1. The standard InChI is InChI=1S/C14H17NO3/c1-17-11-4-5-15-10-3-2-9-6-13(16)18-14(9,8-10)12(15)7-11/h2-3,6,10-12H,4-5,7-8H2,1H3/t10-,11+,12+,14+/m0/s1. The first kappa shape index (κ1) is 10.8. The van der Waals surface area contributed by atoms with Crippen LogP contribution in [0.3, 0.4) is 0 Å². The largest absolute Gasteiger partial charge is 0.449 e. The highest BCUT2D eigenvalue weighted by atomic mass is 16.6. The molecule has 0 radical (unpaired) electrons. The summed E-state index contributed by atoms with van der Waals surface area (Å²) in [7, 11) is 1.77. The number of carbonyl (C=O) groups is 1. The fraction of sp³-hybridized carbons (Fsp3) is 0.643. The molecule has 4 atom stereocenters. The SMILES string of the molecule is CO[C@@H]1CCN2[C@H]3C=CC4=CC(=O)O[C@@]4(C3)[C@H]2C1. The molecular weight excluding hydrogens is 230 g/mol. The molecule has 4 aliphatic rings. The van der Waals surface area contributed by atoms with Gasteiger partial charge >= 0.3 is 5.97 Å². The van der Waals surface area contributed by atoms with Crippen LogP contribution in [0.4, 0.5) is 0 Å². The minimum Gasteiger partial charge on any atom is -0.449 e. The summed E-state index contributed by atoms with van der Waals surface area (Å²) >= 11 is 0. The van der Waals surface area contributed by atoms with Crippen LogP contribution < -0.4 is 0 Å². The third-order valence-electron chi connectivity index (χ3n) is 4.95. The van der Waals surface area contributed by atoms with Crippen LogP contribution in [0.25, 0.3) is 0 Å². The third-order valence-corrected chi connectivity index (χ3v) is 4.95. The molecule has 0 N–H and O–H groups in total. The lowest BCUT2D eigenvalue weighted by Gasteiger charge is -2.40. The Balaban J connectivity index is 1.75. The van der Waals surface area contributed by atoms with Gasteiger partial charge in [0, 0.05) is 37.8 Å². The van der Waals surface area contributed by atoms with Crippen LogP contribution >= 0.6 is 0 Å². The van der Waals surface area contributed by atoms with Crippen molar-refractivity contribution in [3.05, 3.63) is 23.8 Å². The molecule has 0 aromatic heterocycles. The molecule has 0 aromatic rings. The van der Waals surface area contributed by atoms with E-state index in [0.29, 0.717) is 12.1 Å². The van der Waals surface area contributed by atoms with E-state index in [1.165, 1.54) is 0 Å². The second kappa shape index (κ2) is 3.45. The van der Waals surface area contributed by atoms with Crippen molar-refractivity contribution in [2.75, 3.05) is 13.7 Å². The van der Waals surface area contributed by atoms with Gasteiger partial charge in [0.25, 0.3) is 0 Å². The second-order valence-electron chi connectivity index (χ2n) is 5.68. The van der Waals surface area contributed by atoms with E-state index >= 15 is 0 Å². The Hall–Kier alpha value is -1.13. The highest BCUT2D eigenvalue weighted by molar-refractivity contribution is 5.88. The minimum atomic E-state index is -0.381. The second-order valence-corrected chi connectivity index (χ2v) is 5.68. The van der Waals surface area contributed by atoms with Gasteiger partial charge in [-0.1, -0.05) is 12.2 Å². The molecular formula is C14H17NO3. The normalized spacial score (nSPS) is 45.5. The maximum atomic E-state index is 11.6. The number of piperidine rings is 1. The molecule has 3 aliphatic heterocycles. The van der Waals surface area contributed by atoms with Crippen LogP contribution in [0.1, 0.15) is 19.3 Å². The van der Waals surface area contributed by atoms with Gasteiger partial charge in [0.1, 0.15) is 0 Å². The van der Waals surface area contributed by atoms with Crippen molar-refractivity contribution in [3.8, 4) is 0 Å². The molecule has 0 aromatic carbocycles. The number of hydrogen-bond donors (Lipinski definition) is 0. The lowest BCUT2D eigenvalue weighted by atomic mass is 9.80. The molecule has 0 unspecified atom stereocenters. The lowest BCUT2D eigenvalue weighted by Crippen LogP contribution is -2.51. The van der Waals surface area contributed by atoms with Gasteiger partial charge in [0.2, 0.25) is 0 Å². The van der Waals surface area contributed by atoms with E-state index < -0.39 is 0 Å². The van der Waals surface area contributed by atoms with Crippen LogP contribution in [-0.4, -0.2) is 48.3 Å². The van der Waals surface area contributed by atoms with E-state index in [1.54, 1.807) is 13.2 Å². The molecule has 1 spiro atoms. The van der Waals surface area contributed by atoms with Gasteiger partial charge in [0.15, 0.2) is 5.60 Å². The van der Waals surface area contributed by atoms with Crippen molar-refractivity contribution in [3.63, 3.8) is 0 Å². The van der Waals surface area contributed by atoms with Gasteiger partial charge in [-0.05, 0) is 12.8 Å². The monoisotopic (exact) mass is 247 g/mol. The van der Waals surface area contributed by atoms with E-state index in [-0.39, 0.29) is 17.6 Å². The zero-order valence-corrected chi connectivity index (χ0v) is 10.5. The molecule has 2 saturated heterocycles. The van der Waals surface area contributed by atoms with E-state index in [9.17, 15) is 4.79 Å². The smallest absolute Gasteiger partial charge is 0.332 e. The maximum Gasteiger partial charge on any atom is 0.332 e. The van der Waals surface area contributed by atoms with Crippen molar-refractivity contribution in [2.24, 2.45) is 0 Å². The third kappa shape index (κ3) is 1.20. The summed E-state index contributed by atoms with van der Waals surface area (Å²) < 4.78 is 11.2. The number of fused-ring (bicyclic) bond motifs is 3. The molecule has 18 heavy (non-hydrogen) atoms. The molecule has 1 aliphatic carbocycles. The number of methoxy groups -OCH3 is 1. The van der Waals surface area contributed by atoms with E-state index in [0.717, 1.165) is 31.4 Å². The van der Waals surface area contributed by atoms with Crippen molar-refractivity contribution in [1.82, 2.24) is 4.90 Å². The topological polar surface area (TPSA) is 38.8 Å². The predicted octanol–water partition coefficient (Wildman–Crippen LogP) is 1.03. The Morgan fingerprint density at radius 2 is 2.44 bits per heavy atom.